The Kier molecular flexibility index (Phi) is 12.1. The number of hydrogen-bond donors (Lipinski definition) is 8. The van der Waals surface area contributed by atoms with Crippen LogP contribution < -0.4 is 38.9 Å². The third kappa shape index (κ3) is 12.1. The number of nitrogens with one attached hydrogen (secondary N) is 3. The topological polar surface area (TPSA) is 258 Å². The summed E-state index contributed by atoms with van der Waals surface area (Å²) in [5, 5.41) is 15.6. The minimum Gasteiger partial charge on any atom is -0.480 e. The zero-order chi connectivity index (χ0) is 23.3. The van der Waals surface area contributed by atoms with E-state index in [4.69, 9.17) is 28.0 Å². The molecule has 0 fully saturated rings. The first kappa shape index (κ1) is 26.6. The zero-order valence-electron chi connectivity index (χ0n) is 16.7. The summed E-state index contributed by atoms with van der Waals surface area (Å²) in [6.45, 7) is 0.947. The van der Waals surface area contributed by atoms with Crippen LogP contribution in [0.15, 0.2) is 4.99 Å². The van der Waals surface area contributed by atoms with E-state index >= 15 is 0 Å². The van der Waals surface area contributed by atoms with E-state index in [0.29, 0.717) is 6.42 Å². The van der Waals surface area contributed by atoms with Gasteiger partial charge in [0.05, 0.1) is 6.04 Å². The number of carbonyl (C=O) groups excluding carboxylic acids is 4. The van der Waals surface area contributed by atoms with E-state index in [1.54, 1.807) is 0 Å². The molecular weight excluding hydrogens is 400 g/mol. The van der Waals surface area contributed by atoms with Crippen LogP contribution in [-0.4, -0.2) is 71.9 Å². The molecule has 3 atom stereocenters. The first-order valence-electron chi connectivity index (χ1n) is 9.13. The smallest absolute Gasteiger partial charge is 0.322 e. The average molecular weight is 430 g/mol. The highest BCUT2D eigenvalue weighted by Gasteiger charge is 2.26. The highest BCUT2D eigenvalue weighted by Crippen LogP contribution is 2.02. The van der Waals surface area contributed by atoms with Crippen molar-refractivity contribution in [2.45, 2.75) is 50.7 Å². The summed E-state index contributed by atoms with van der Waals surface area (Å²) in [5.41, 5.74) is 21.2. The molecule has 0 aromatic rings. The number of nitrogens with zero attached hydrogens (tertiary/aromatic N) is 1. The van der Waals surface area contributed by atoms with E-state index in [1.807, 2.05) is 0 Å². The van der Waals surface area contributed by atoms with Gasteiger partial charge in [0, 0.05) is 13.0 Å². The lowest BCUT2D eigenvalue weighted by Gasteiger charge is -2.22. The van der Waals surface area contributed by atoms with Crippen molar-refractivity contribution < 1.29 is 29.1 Å². The third-order valence-corrected chi connectivity index (χ3v) is 3.78. The lowest BCUT2D eigenvalue weighted by atomic mass is 10.1. The fraction of sp³-hybridized carbons (Fsp3) is 0.625. The fourth-order valence-corrected chi connectivity index (χ4v) is 2.18. The van der Waals surface area contributed by atoms with Gasteiger partial charge in [-0.3, -0.25) is 29.0 Å². The minimum absolute atomic E-state index is 0.00248. The Morgan fingerprint density at radius 2 is 1.60 bits per heavy atom. The number of aliphatic imine (C=N–C) groups is 1. The summed E-state index contributed by atoms with van der Waals surface area (Å²) in [6, 6.07) is -3.19. The van der Waals surface area contributed by atoms with Crippen molar-refractivity contribution in [3.63, 3.8) is 0 Å². The van der Waals surface area contributed by atoms with Crippen LogP contribution in [0.1, 0.15) is 32.6 Å². The van der Waals surface area contributed by atoms with Gasteiger partial charge >= 0.3 is 5.97 Å². The normalized spacial score (nSPS) is 13.3. The van der Waals surface area contributed by atoms with Gasteiger partial charge in [0.25, 0.3) is 0 Å². The number of guanidine groups is 1. The highest BCUT2D eigenvalue weighted by atomic mass is 16.4. The van der Waals surface area contributed by atoms with Crippen molar-refractivity contribution in [1.29, 1.82) is 0 Å². The maximum Gasteiger partial charge on any atom is 0.322 e. The molecule has 0 aromatic carbocycles. The van der Waals surface area contributed by atoms with E-state index in [1.165, 1.54) is 6.92 Å². The molecule has 0 aliphatic carbocycles. The lowest BCUT2D eigenvalue weighted by molar-refractivity contribution is -0.138. The van der Waals surface area contributed by atoms with Crippen molar-refractivity contribution in [3.05, 3.63) is 0 Å². The number of nitrogens with two attached hydrogens (primary N) is 4. The second kappa shape index (κ2) is 13.7. The first-order valence-corrected chi connectivity index (χ1v) is 9.13. The standard InChI is InChI=1S/C16H30N8O6/c1-8(13(28)22-7-12(26)27)23-15(30)10(3-2-6-21-16(19)20)24-14(29)9(17)4-5-11(18)25/h8-10H,2-7,17H2,1H3,(H2,18,25)(H,22,28)(H,23,30)(H,24,29)(H,26,27)(H4,19,20,21). The molecule has 14 nitrogen and oxygen atoms in total. The second-order valence-electron chi connectivity index (χ2n) is 6.46. The van der Waals surface area contributed by atoms with Gasteiger partial charge in [-0.05, 0) is 26.2 Å². The molecule has 4 amide bonds. The molecule has 0 saturated heterocycles. The third-order valence-electron chi connectivity index (χ3n) is 3.78. The van der Waals surface area contributed by atoms with Gasteiger partial charge in [-0.15, -0.1) is 0 Å². The number of amides is 4. The molecule has 0 aliphatic rings. The number of carboxylic acids is 1. The Morgan fingerprint density at radius 1 is 0.967 bits per heavy atom. The predicted molar refractivity (Wildman–Crippen MR) is 106 cm³/mol. The number of carbonyl (C=O) groups is 5. The molecule has 0 spiro atoms. The number of primary amides is 1. The Labute approximate surface area is 173 Å². The molecule has 0 rings (SSSR count). The van der Waals surface area contributed by atoms with Crippen LogP contribution >= 0.6 is 0 Å². The molecule has 0 aliphatic heterocycles. The van der Waals surface area contributed by atoms with Crippen LogP contribution in [0.4, 0.5) is 0 Å². The van der Waals surface area contributed by atoms with Gasteiger partial charge in [-0.25, -0.2) is 0 Å². The average Bonchev–Trinajstić information content (AvgIpc) is 2.65. The molecule has 30 heavy (non-hydrogen) atoms. The van der Waals surface area contributed by atoms with Gasteiger partial charge in [0.1, 0.15) is 18.6 Å². The van der Waals surface area contributed by atoms with Crippen LogP contribution in [-0.2, 0) is 24.0 Å². The molecule has 0 heterocycles. The lowest BCUT2D eigenvalue weighted by Crippen LogP contribution is -2.55. The van der Waals surface area contributed by atoms with Gasteiger partial charge in [-0.2, -0.15) is 0 Å². The van der Waals surface area contributed by atoms with Crippen molar-refractivity contribution in [2.75, 3.05) is 13.1 Å². The summed E-state index contributed by atoms with van der Waals surface area (Å²) in [7, 11) is 0. The minimum atomic E-state index is -1.24. The molecule has 0 aromatic heterocycles. The summed E-state index contributed by atoms with van der Waals surface area (Å²) in [6.07, 6.45) is 0.348. The molecular formula is C16H30N8O6. The predicted octanol–water partition coefficient (Wildman–Crippen LogP) is -4.18. The van der Waals surface area contributed by atoms with Crippen LogP contribution in [0.25, 0.3) is 0 Å². The molecule has 12 N–H and O–H groups in total. The van der Waals surface area contributed by atoms with Gasteiger partial charge in [0.2, 0.25) is 23.6 Å². The van der Waals surface area contributed by atoms with Crippen molar-refractivity contribution >= 4 is 35.6 Å². The van der Waals surface area contributed by atoms with E-state index in [0.717, 1.165) is 0 Å². The monoisotopic (exact) mass is 430 g/mol. The summed E-state index contributed by atoms with van der Waals surface area (Å²) >= 11 is 0. The first-order chi connectivity index (χ1) is 13.9. The fourth-order valence-electron chi connectivity index (χ4n) is 2.18. The van der Waals surface area contributed by atoms with Crippen molar-refractivity contribution in [3.8, 4) is 0 Å². The summed E-state index contributed by atoms with van der Waals surface area (Å²) in [5.74, 6) is -4.07. The number of rotatable bonds is 14. The largest absolute Gasteiger partial charge is 0.480 e. The maximum atomic E-state index is 12.5. The van der Waals surface area contributed by atoms with Crippen LogP contribution in [0.5, 0.6) is 0 Å². The molecule has 170 valence electrons. The van der Waals surface area contributed by atoms with Gasteiger partial charge in [-0.1, -0.05) is 0 Å². The molecule has 0 bridgehead atoms. The van der Waals surface area contributed by atoms with Crippen LogP contribution in [0, 0.1) is 0 Å². The Balaban J connectivity index is 4.99. The van der Waals surface area contributed by atoms with Crippen LogP contribution in [0.3, 0.4) is 0 Å². The van der Waals surface area contributed by atoms with Crippen molar-refractivity contribution in [2.24, 2.45) is 27.9 Å². The summed E-state index contributed by atoms with van der Waals surface area (Å²) in [4.78, 5) is 61.7. The second-order valence-corrected chi connectivity index (χ2v) is 6.46. The quantitative estimate of drug-likeness (QED) is 0.0753. The Hall–Kier alpha value is -3.42. The van der Waals surface area contributed by atoms with Crippen molar-refractivity contribution in [1.82, 2.24) is 16.0 Å². The van der Waals surface area contributed by atoms with Gasteiger partial charge in [0.15, 0.2) is 5.96 Å². The van der Waals surface area contributed by atoms with E-state index < -0.39 is 54.3 Å². The molecule has 0 saturated carbocycles. The van der Waals surface area contributed by atoms with Gasteiger partial charge < -0.3 is 44.0 Å². The Morgan fingerprint density at radius 3 is 2.13 bits per heavy atom. The number of aliphatic carboxylic acids is 1. The van der Waals surface area contributed by atoms with E-state index in [2.05, 4.69) is 20.9 Å². The molecule has 14 heteroatoms. The number of carboxylic acid groups (broad SMARTS) is 1. The highest BCUT2D eigenvalue weighted by molar-refractivity contribution is 5.93. The molecule has 3 unspecified atom stereocenters. The summed E-state index contributed by atoms with van der Waals surface area (Å²) < 4.78 is 0. The van der Waals surface area contributed by atoms with E-state index in [-0.39, 0.29) is 31.8 Å². The zero-order valence-corrected chi connectivity index (χ0v) is 16.7. The maximum absolute atomic E-state index is 12.5. The SMILES string of the molecule is CC(NC(=O)C(CCCN=C(N)N)NC(=O)C(N)CCC(N)=O)C(=O)NCC(=O)O. The van der Waals surface area contributed by atoms with Crippen LogP contribution in [0.2, 0.25) is 0 Å². The molecule has 0 radical (unpaired) electrons. The number of hydrogen-bond acceptors (Lipinski definition) is 7. The Bertz CT molecular complexity index is 664. The van der Waals surface area contributed by atoms with E-state index in [9.17, 15) is 24.0 Å².